The fourth-order valence-electron chi connectivity index (χ4n) is 2.84. The van der Waals surface area contributed by atoms with Crippen molar-refractivity contribution in [1.29, 1.82) is 0 Å². The topological polar surface area (TPSA) is 66.5 Å². The Bertz CT molecular complexity index is 628. The van der Waals surface area contributed by atoms with E-state index in [4.69, 9.17) is 0 Å². The maximum absolute atomic E-state index is 12.3. The molecule has 2 rings (SSSR count). The first kappa shape index (κ1) is 17.0. The van der Waals surface area contributed by atoms with Gasteiger partial charge in [-0.2, -0.15) is 4.31 Å². The zero-order valence-corrected chi connectivity index (χ0v) is 14.0. The summed E-state index contributed by atoms with van der Waals surface area (Å²) in [6.45, 7) is 4.71. The average molecular weight is 324 g/mol. The molecular weight excluding hydrogens is 300 g/mol. The second-order valence-corrected chi connectivity index (χ2v) is 7.83. The van der Waals surface area contributed by atoms with Crippen molar-refractivity contribution in [1.82, 2.24) is 9.62 Å². The van der Waals surface area contributed by atoms with Gasteiger partial charge in [0.25, 0.3) is 0 Å². The number of aryl methyl sites for hydroxylation is 1. The minimum Gasteiger partial charge on any atom is -0.351 e. The summed E-state index contributed by atoms with van der Waals surface area (Å²) in [6.07, 6.45) is 1.91. The van der Waals surface area contributed by atoms with Gasteiger partial charge in [0.1, 0.15) is 6.04 Å². The molecule has 1 aliphatic heterocycles. The van der Waals surface area contributed by atoms with Crippen LogP contribution in [0.15, 0.2) is 24.3 Å². The van der Waals surface area contributed by atoms with Crippen molar-refractivity contribution in [2.24, 2.45) is 0 Å². The van der Waals surface area contributed by atoms with Gasteiger partial charge in [0.2, 0.25) is 15.9 Å². The molecule has 1 N–H and O–H groups in total. The molecule has 0 spiro atoms. The van der Waals surface area contributed by atoms with Crippen LogP contribution in [0.5, 0.6) is 0 Å². The Kier molecular flexibility index (Phi) is 5.58. The highest BCUT2D eigenvalue weighted by Crippen LogP contribution is 2.22. The summed E-state index contributed by atoms with van der Waals surface area (Å²) < 4.78 is 25.8. The van der Waals surface area contributed by atoms with Crippen LogP contribution in [-0.4, -0.2) is 37.0 Å². The molecule has 1 amide bonds. The number of benzene rings is 1. The molecule has 6 heteroatoms. The molecule has 0 aliphatic carbocycles. The van der Waals surface area contributed by atoms with E-state index >= 15 is 0 Å². The Morgan fingerprint density at radius 1 is 1.41 bits per heavy atom. The van der Waals surface area contributed by atoms with Gasteiger partial charge in [-0.15, -0.1) is 0 Å². The lowest BCUT2D eigenvalue weighted by molar-refractivity contribution is -0.124. The second-order valence-electron chi connectivity index (χ2n) is 5.79. The molecule has 0 radical (unpaired) electrons. The van der Waals surface area contributed by atoms with Crippen LogP contribution in [0.1, 0.15) is 37.3 Å². The molecule has 0 saturated carbocycles. The van der Waals surface area contributed by atoms with E-state index in [0.717, 1.165) is 17.5 Å². The molecule has 22 heavy (non-hydrogen) atoms. The normalized spacial score (nSPS) is 19.3. The molecule has 0 unspecified atom stereocenters. The average Bonchev–Trinajstić information content (AvgIpc) is 2.95. The minimum atomic E-state index is -3.32. The highest BCUT2D eigenvalue weighted by atomic mass is 32.2. The zero-order valence-electron chi connectivity index (χ0n) is 13.2. The number of rotatable bonds is 6. The predicted octanol–water partition coefficient (Wildman–Crippen LogP) is 1.82. The number of nitrogens with one attached hydrogen (secondary N) is 1. The summed E-state index contributed by atoms with van der Waals surface area (Å²) >= 11 is 0. The van der Waals surface area contributed by atoms with Gasteiger partial charge in [0.15, 0.2) is 0 Å². The molecule has 122 valence electrons. The monoisotopic (exact) mass is 324 g/mol. The lowest BCUT2D eigenvalue weighted by atomic mass is 10.1. The molecule has 1 atom stereocenters. The SMILES string of the molecule is CCCS(=O)(=O)N1CCC[C@H]1C(=O)NCc1cccc(C)c1. The summed E-state index contributed by atoms with van der Waals surface area (Å²) in [6, 6.07) is 7.36. The summed E-state index contributed by atoms with van der Waals surface area (Å²) in [5.74, 6) is -0.0898. The molecule has 1 aromatic rings. The van der Waals surface area contributed by atoms with Gasteiger partial charge in [-0.1, -0.05) is 36.8 Å². The molecule has 1 aliphatic rings. The van der Waals surface area contributed by atoms with Crippen molar-refractivity contribution in [3.8, 4) is 0 Å². The Morgan fingerprint density at radius 3 is 2.86 bits per heavy atom. The number of nitrogens with zero attached hydrogens (tertiary/aromatic N) is 1. The summed E-state index contributed by atoms with van der Waals surface area (Å²) in [5, 5.41) is 2.87. The summed E-state index contributed by atoms with van der Waals surface area (Å²) in [4.78, 5) is 12.3. The Balaban J connectivity index is 1.99. The fourth-order valence-corrected chi connectivity index (χ4v) is 4.59. The fraction of sp³-hybridized carbons (Fsp3) is 0.562. The molecule has 0 bridgehead atoms. The van der Waals surface area contributed by atoms with Crippen LogP contribution in [0.4, 0.5) is 0 Å². The van der Waals surface area contributed by atoms with Crippen LogP contribution >= 0.6 is 0 Å². The summed E-state index contributed by atoms with van der Waals surface area (Å²) in [7, 11) is -3.32. The van der Waals surface area contributed by atoms with Crippen LogP contribution in [0.25, 0.3) is 0 Å². The van der Waals surface area contributed by atoms with E-state index in [2.05, 4.69) is 5.32 Å². The van der Waals surface area contributed by atoms with Gasteiger partial charge < -0.3 is 5.32 Å². The number of sulfonamides is 1. The number of carbonyl (C=O) groups excluding carboxylic acids is 1. The third-order valence-electron chi connectivity index (χ3n) is 3.87. The molecule has 1 fully saturated rings. The first-order valence-electron chi connectivity index (χ1n) is 7.77. The van der Waals surface area contributed by atoms with Gasteiger partial charge in [-0.25, -0.2) is 8.42 Å². The van der Waals surface area contributed by atoms with Crippen LogP contribution in [0.2, 0.25) is 0 Å². The van der Waals surface area contributed by atoms with E-state index < -0.39 is 16.1 Å². The van der Waals surface area contributed by atoms with E-state index in [-0.39, 0.29) is 11.7 Å². The van der Waals surface area contributed by atoms with E-state index in [1.807, 2.05) is 38.1 Å². The Labute approximate surface area is 132 Å². The van der Waals surface area contributed by atoms with E-state index in [9.17, 15) is 13.2 Å². The van der Waals surface area contributed by atoms with Gasteiger partial charge in [0.05, 0.1) is 5.75 Å². The van der Waals surface area contributed by atoms with E-state index in [0.29, 0.717) is 25.9 Å². The maximum Gasteiger partial charge on any atom is 0.238 e. The van der Waals surface area contributed by atoms with Crippen LogP contribution in [0.3, 0.4) is 0 Å². The lowest BCUT2D eigenvalue weighted by Gasteiger charge is -2.23. The lowest BCUT2D eigenvalue weighted by Crippen LogP contribution is -2.46. The molecule has 0 aromatic heterocycles. The molecule has 5 nitrogen and oxygen atoms in total. The van der Waals surface area contributed by atoms with Crippen molar-refractivity contribution < 1.29 is 13.2 Å². The molecular formula is C16H24N2O3S. The molecule has 1 aromatic carbocycles. The first-order valence-corrected chi connectivity index (χ1v) is 9.37. The van der Waals surface area contributed by atoms with Gasteiger partial charge >= 0.3 is 0 Å². The van der Waals surface area contributed by atoms with Crippen LogP contribution in [0, 0.1) is 6.92 Å². The highest BCUT2D eigenvalue weighted by Gasteiger charge is 2.37. The van der Waals surface area contributed by atoms with Crippen molar-refractivity contribution in [2.75, 3.05) is 12.3 Å². The third-order valence-corrected chi connectivity index (χ3v) is 5.95. The number of carbonyl (C=O) groups is 1. The zero-order chi connectivity index (χ0) is 16.2. The smallest absolute Gasteiger partial charge is 0.238 e. The largest absolute Gasteiger partial charge is 0.351 e. The second kappa shape index (κ2) is 7.24. The maximum atomic E-state index is 12.3. The van der Waals surface area contributed by atoms with Gasteiger partial charge in [-0.3, -0.25) is 4.79 Å². The quantitative estimate of drug-likeness (QED) is 0.868. The first-order chi connectivity index (χ1) is 10.4. The predicted molar refractivity (Wildman–Crippen MR) is 86.8 cm³/mol. The van der Waals surface area contributed by atoms with Crippen molar-refractivity contribution in [3.63, 3.8) is 0 Å². The molecule has 1 saturated heterocycles. The van der Waals surface area contributed by atoms with Crippen molar-refractivity contribution in [2.45, 2.75) is 45.7 Å². The third kappa shape index (κ3) is 4.08. The molecule has 1 heterocycles. The Hall–Kier alpha value is -1.40. The standard InChI is InChI=1S/C16H24N2O3S/c1-3-10-22(20,21)18-9-5-8-15(18)16(19)17-12-14-7-4-6-13(2)11-14/h4,6-7,11,15H,3,5,8-10,12H2,1-2H3,(H,17,19)/t15-/m0/s1. The van der Waals surface area contributed by atoms with Gasteiger partial charge in [-0.05, 0) is 31.7 Å². The van der Waals surface area contributed by atoms with Crippen molar-refractivity contribution in [3.05, 3.63) is 35.4 Å². The van der Waals surface area contributed by atoms with Crippen molar-refractivity contribution >= 4 is 15.9 Å². The Morgan fingerprint density at radius 2 is 2.18 bits per heavy atom. The highest BCUT2D eigenvalue weighted by molar-refractivity contribution is 7.89. The van der Waals surface area contributed by atoms with E-state index in [1.165, 1.54) is 4.31 Å². The van der Waals surface area contributed by atoms with Crippen LogP contribution in [-0.2, 0) is 21.4 Å². The van der Waals surface area contributed by atoms with Crippen LogP contribution < -0.4 is 5.32 Å². The van der Waals surface area contributed by atoms with Gasteiger partial charge in [0, 0.05) is 13.1 Å². The number of hydrogen-bond acceptors (Lipinski definition) is 3. The number of hydrogen-bond donors (Lipinski definition) is 1. The summed E-state index contributed by atoms with van der Waals surface area (Å²) in [5.41, 5.74) is 2.16. The van der Waals surface area contributed by atoms with E-state index in [1.54, 1.807) is 0 Å². The number of amides is 1. The minimum absolute atomic E-state index is 0.106.